The molecule has 0 atom stereocenters. The highest BCUT2D eigenvalue weighted by molar-refractivity contribution is 14.1. The first kappa shape index (κ1) is 6.07. The van der Waals surface area contributed by atoms with Crippen LogP contribution in [0.2, 0.25) is 0 Å². The van der Waals surface area contributed by atoms with Gasteiger partial charge in [-0.3, -0.25) is 0 Å². The molecule has 1 heterocycles. The summed E-state index contributed by atoms with van der Waals surface area (Å²) < 4.78 is 1.08. The Balaban J connectivity index is 2.58. The molecule has 2 nitrogen and oxygen atoms in total. The molecule has 0 aliphatic carbocycles. The Morgan fingerprint density at radius 3 is 3.00 bits per heavy atom. The predicted octanol–water partition coefficient (Wildman–Crippen LogP) is 1.24. The summed E-state index contributed by atoms with van der Waals surface area (Å²) in [5.74, 6) is 0. The molecule has 3 heteroatoms. The zero-order valence-electron chi connectivity index (χ0n) is 4.63. The summed E-state index contributed by atoms with van der Waals surface area (Å²) in [6.45, 7) is 0.988. The first-order chi connectivity index (χ1) is 3.79. The topological polar surface area (TPSA) is 15.6 Å². The average Bonchev–Trinajstić information content (AvgIpc) is 1.77. The number of rotatable bonds is 0. The van der Waals surface area contributed by atoms with Crippen molar-refractivity contribution < 1.29 is 0 Å². The molecular formula is C5H7IN2. The largest absolute Gasteiger partial charge is 0.362 e. The van der Waals surface area contributed by atoms with Crippen LogP contribution in [0, 0.1) is 0 Å². The lowest BCUT2D eigenvalue weighted by Gasteiger charge is -2.12. The van der Waals surface area contributed by atoms with Crippen LogP contribution in [0.3, 0.4) is 0 Å². The first-order valence-corrected chi connectivity index (χ1v) is 3.47. The molecule has 0 spiro atoms. The van der Waals surface area contributed by atoms with Crippen LogP contribution in [0.1, 0.15) is 0 Å². The van der Waals surface area contributed by atoms with E-state index in [4.69, 9.17) is 0 Å². The van der Waals surface area contributed by atoms with Crippen molar-refractivity contribution in [2.75, 3.05) is 13.6 Å². The second kappa shape index (κ2) is 2.48. The van der Waals surface area contributed by atoms with Gasteiger partial charge < -0.3 is 4.90 Å². The summed E-state index contributed by atoms with van der Waals surface area (Å²) in [7, 11) is 2.00. The summed E-state index contributed by atoms with van der Waals surface area (Å²) in [5.41, 5.74) is 0. The Labute approximate surface area is 62.4 Å². The lowest BCUT2D eigenvalue weighted by Crippen LogP contribution is -2.18. The van der Waals surface area contributed by atoms with Crippen molar-refractivity contribution in [1.29, 1.82) is 0 Å². The monoisotopic (exact) mass is 222 g/mol. The maximum absolute atomic E-state index is 4.06. The van der Waals surface area contributed by atoms with E-state index in [1.54, 1.807) is 0 Å². The maximum Gasteiger partial charge on any atom is 0.100 e. The number of nitrogens with zero attached hydrogens (tertiary/aromatic N) is 2. The lowest BCUT2D eigenvalue weighted by atomic mass is 10.5. The van der Waals surface area contributed by atoms with Crippen LogP contribution in [0.5, 0.6) is 0 Å². The van der Waals surface area contributed by atoms with E-state index in [9.17, 15) is 0 Å². The van der Waals surface area contributed by atoms with Crippen molar-refractivity contribution >= 4 is 28.9 Å². The molecule has 0 radical (unpaired) electrons. The van der Waals surface area contributed by atoms with Crippen molar-refractivity contribution in [1.82, 2.24) is 4.90 Å². The first-order valence-electron chi connectivity index (χ1n) is 2.39. The zero-order chi connectivity index (χ0) is 5.98. The predicted molar refractivity (Wildman–Crippen MR) is 43.2 cm³/mol. The molecule has 0 unspecified atom stereocenters. The van der Waals surface area contributed by atoms with Gasteiger partial charge in [-0.15, -0.1) is 0 Å². The molecule has 44 valence electrons. The molecule has 0 aromatic heterocycles. The second-order valence-electron chi connectivity index (χ2n) is 1.71. The highest BCUT2D eigenvalue weighted by Crippen LogP contribution is 2.09. The van der Waals surface area contributed by atoms with E-state index < -0.39 is 0 Å². The Morgan fingerprint density at radius 1 is 1.88 bits per heavy atom. The molecule has 0 saturated carbocycles. The second-order valence-corrected chi connectivity index (χ2v) is 2.82. The zero-order valence-corrected chi connectivity index (χ0v) is 6.79. The fourth-order valence-corrected chi connectivity index (χ4v) is 0.794. The van der Waals surface area contributed by atoms with Crippen molar-refractivity contribution in [3.8, 4) is 0 Å². The van der Waals surface area contributed by atoms with E-state index in [2.05, 4.69) is 33.7 Å². The van der Waals surface area contributed by atoms with Gasteiger partial charge >= 0.3 is 0 Å². The van der Waals surface area contributed by atoms with E-state index >= 15 is 0 Å². The van der Waals surface area contributed by atoms with Gasteiger partial charge in [-0.25, -0.2) is 4.99 Å². The van der Waals surface area contributed by atoms with Crippen molar-refractivity contribution in [2.45, 2.75) is 0 Å². The third kappa shape index (κ3) is 1.47. The van der Waals surface area contributed by atoms with Crippen molar-refractivity contribution in [3.63, 3.8) is 0 Å². The van der Waals surface area contributed by atoms with Crippen molar-refractivity contribution in [2.24, 2.45) is 4.99 Å². The van der Waals surface area contributed by atoms with Crippen LogP contribution < -0.4 is 0 Å². The fraction of sp³-hybridized carbons (Fsp3) is 0.400. The van der Waals surface area contributed by atoms with Crippen LogP contribution in [0.25, 0.3) is 0 Å². The Morgan fingerprint density at radius 2 is 2.62 bits per heavy atom. The normalized spacial score (nSPS) is 18.8. The van der Waals surface area contributed by atoms with Gasteiger partial charge in [0.05, 0.1) is 6.34 Å². The van der Waals surface area contributed by atoms with E-state index in [0.717, 1.165) is 10.2 Å². The van der Waals surface area contributed by atoms with E-state index in [1.807, 2.05) is 18.3 Å². The van der Waals surface area contributed by atoms with Gasteiger partial charge in [0.2, 0.25) is 0 Å². The van der Waals surface area contributed by atoms with Gasteiger partial charge in [0.1, 0.15) is 3.70 Å². The summed E-state index contributed by atoms with van der Waals surface area (Å²) in [6.07, 6.45) is 3.92. The molecule has 0 N–H and O–H groups in total. The summed E-state index contributed by atoms with van der Waals surface area (Å²) in [6, 6.07) is 0. The third-order valence-electron chi connectivity index (χ3n) is 0.926. The van der Waals surface area contributed by atoms with Crippen molar-refractivity contribution in [3.05, 3.63) is 9.78 Å². The molecule has 0 bridgehead atoms. The maximum atomic E-state index is 4.06. The molecule has 0 aromatic carbocycles. The molecule has 1 rings (SSSR count). The van der Waals surface area contributed by atoms with E-state index in [-0.39, 0.29) is 0 Å². The quantitative estimate of drug-likeness (QED) is 0.444. The Kier molecular flexibility index (Phi) is 1.88. The number of halogens is 1. The number of hydrogen-bond acceptors (Lipinski definition) is 2. The van der Waals surface area contributed by atoms with Crippen LogP contribution in [-0.2, 0) is 0 Å². The SMILES string of the molecule is CN1C=NC(I)=CC1. The fourth-order valence-electron chi connectivity index (χ4n) is 0.473. The molecule has 1 aliphatic rings. The van der Waals surface area contributed by atoms with Gasteiger partial charge in [0.15, 0.2) is 0 Å². The van der Waals surface area contributed by atoms with Gasteiger partial charge in [0, 0.05) is 13.6 Å². The van der Waals surface area contributed by atoms with Gasteiger partial charge in [-0.05, 0) is 28.7 Å². The number of likely N-dealkylation sites (N-methyl/N-ethyl adjacent to an activating group) is 1. The third-order valence-corrected chi connectivity index (χ3v) is 1.64. The Hall–Kier alpha value is -0.0600. The van der Waals surface area contributed by atoms with Gasteiger partial charge in [0.25, 0.3) is 0 Å². The minimum absolute atomic E-state index is 0.988. The average molecular weight is 222 g/mol. The molecule has 0 amide bonds. The van der Waals surface area contributed by atoms with E-state index in [1.165, 1.54) is 0 Å². The molecule has 8 heavy (non-hydrogen) atoms. The highest BCUT2D eigenvalue weighted by Gasteiger charge is 1.95. The highest BCUT2D eigenvalue weighted by atomic mass is 127. The smallest absolute Gasteiger partial charge is 0.100 e. The molecule has 0 aromatic rings. The standard InChI is InChI=1S/C5H7IN2/c1-8-3-2-5(6)7-4-8/h2,4H,3H2,1H3. The molecule has 0 fully saturated rings. The summed E-state index contributed by atoms with van der Waals surface area (Å²) >= 11 is 2.20. The van der Waals surface area contributed by atoms with Gasteiger partial charge in [-0.2, -0.15) is 0 Å². The van der Waals surface area contributed by atoms with Crippen LogP contribution >= 0.6 is 22.6 Å². The van der Waals surface area contributed by atoms with Crippen LogP contribution in [-0.4, -0.2) is 24.8 Å². The Bertz CT molecular complexity index is 139. The van der Waals surface area contributed by atoms with Crippen LogP contribution in [0.4, 0.5) is 0 Å². The van der Waals surface area contributed by atoms with Crippen LogP contribution in [0.15, 0.2) is 14.8 Å². The number of aliphatic imine (C=N–C) groups is 1. The molecule has 1 aliphatic heterocycles. The van der Waals surface area contributed by atoms with E-state index in [0.29, 0.717) is 0 Å². The minimum atomic E-state index is 0.988. The molecule has 0 saturated heterocycles. The molecular weight excluding hydrogens is 215 g/mol. The van der Waals surface area contributed by atoms with Gasteiger partial charge in [-0.1, -0.05) is 0 Å². The minimum Gasteiger partial charge on any atom is -0.362 e. The summed E-state index contributed by atoms with van der Waals surface area (Å²) in [5, 5.41) is 0. The number of hydrogen-bond donors (Lipinski definition) is 0. The lowest BCUT2D eigenvalue weighted by molar-refractivity contribution is 0.574. The summed E-state index contributed by atoms with van der Waals surface area (Å²) in [4.78, 5) is 6.09.